The van der Waals surface area contributed by atoms with Crippen molar-refractivity contribution in [1.82, 2.24) is 10.3 Å². The minimum absolute atomic E-state index is 0.241. The van der Waals surface area contributed by atoms with Crippen LogP contribution in [0.1, 0.15) is 12.8 Å². The molecule has 2 aliphatic heterocycles. The average molecular weight is 235 g/mol. The number of piperidine rings is 2. The summed E-state index contributed by atoms with van der Waals surface area (Å²) in [6.07, 6.45) is 5.48. The fourth-order valence-electron chi connectivity index (χ4n) is 3.06. The molecule has 1 aromatic heterocycles. The highest BCUT2D eigenvalue weighted by Crippen LogP contribution is 2.30. The van der Waals surface area contributed by atoms with Gasteiger partial charge in [-0.1, -0.05) is 0 Å². The van der Waals surface area contributed by atoms with Gasteiger partial charge in [0.1, 0.15) is 5.82 Å². The summed E-state index contributed by atoms with van der Waals surface area (Å²) in [7, 11) is 0. The zero-order valence-corrected chi connectivity index (χ0v) is 9.90. The van der Waals surface area contributed by atoms with Crippen molar-refractivity contribution >= 4 is 5.69 Å². The molecule has 0 amide bonds. The molecule has 0 aromatic carbocycles. The number of rotatable bonds is 1. The fourth-order valence-corrected chi connectivity index (χ4v) is 3.06. The molecule has 0 bridgehead atoms. The van der Waals surface area contributed by atoms with Crippen molar-refractivity contribution < 1.29 is 4.39 Å². The zero-order valence-electron chi connectivity index (χ0n) is 9.90. The van der Waals surface area contributed by atoms with Crippen LogP contribution in [0.15, 0.2) is 18.5 Å². The van der Waals surface area contributed by atoms with E-state index in [-0.39, 0.29) is 5.82 Å². The van der Waals surface area contributed by atoms with Crippen LogP contribution in [0, 0.1) is 17.7 Å². The maximum Gasteiger partial charge on any atom is 0.143 e. The molecule has 4 heteroatoms. The van der Waals surface area contributed by atoms with Crippen LogP contribution in [0.25, 0.3) is 0 Å². The van der Waals surface area contributed by atoms with E-state index in [0.717, 1.165) is 43.7 Å². The topological polar surface area (TPSA) is 28.2 Å². The predicted molar refractivity (Wildman–Crippen MR) is 65.5 cm³/mol. The van der Waals surface area contributed by atoms with Crippen LogP contribution in [0.5, 0.6) is 0 Å². The molecule has 0 aliphatic carbocycles. The van der Waals surface area contributed by atoms with Gasteiger partial charge in [0.25, 0.3) is 0 Å². The van der Waals surface area contributed by atoms with Gasteiger partial charge in [-0.15, -0.1) is 0 Å². The van der Waals surface area contributed by atoms with E-state index in [2.05, 4.69) is 15.2 Å². The summed E-state index contributed by atoms with van der Waals surface area (Å²) >= 11 is 0. The standard InChI is InChI=1S/C13H18FN3/c14-12-5-13(8-16-7-12)17-4-2-10-6-15-3-1-11(10)9-17/h5,7-8,10-11,15H,1-4,6,9H2/t10-,11-/m0/s1. The minimum atomic E-state index is -0.241. The van der Waals surface area contributed by atoms with Gasteiger partial charge >= 0.3 is 0 Å². The number of nitrogens with one attached hydrogen (secondary N) is 1. The van der Waals surface area contributed by atoms with Crippen molar-refractivity contribution in [3.8, 4) is 0 Å². The fraction of sp³-hybridized carbons (Fsp3) is 0.615. The molecule has 1 N–H and O–H groups in total. The summed E-state index contributed by atoms with van der Waals surface area (Å²) in [6.45, 7) is 4.35. The van der Waals surface area contributed by atoms with Crippen molar-refractivity contribution in [1.29, 1.82) is 0 Å². The highest BCUT2D eigenvalue weighted by Gasteiger charge is 2.31. The average Bonchev–Trinajstić information content (AvgIpc) is 2.38. The van der Waals surface area contributed by atoms with Crippen LogP contribution >= 0.6 is 0 Å². The molecule has 2 atom stereocenters. The molecule has 3 heterocycles. The first-order valence-corrected chi connectivity index (χ1v) is 6.39. The third-order valence-electron chi connectivity index (χ3n) is 4.05. The predicted octanol–water partition coefficient (Wildman–Crippen LogP) is 1.66. The second kappa shape index (κ2) is 4.61. The van der Waals surface area contributed by atoms with Gasteiger partial charge in [0, 0.05) is 19.2 Å². The van der Waals surface area contributed by atoms with Gasteiger partial charge in [0.05, 0.1) is 18.1 Å². The Hall–Kier alpha value is -1.16. The minimum Gasteiger partial charge on any atom is -0.370 e. The van der Waals surface area contributed by atoms with E-state index >= 15 is 0 Å². The first-order chi connectivity index (χ1) is 8.33. The van der Waals surface area contributed by atoms with Crippen molar-refractivity contribution in [3.05, 3.63) is 24.3 Å². The number of aromatic nitrogens is 1. The molecule has 0 spiro atoms. The lowest BCUT2D eigenvalue weighted by molar-refractivity contribution is 0.218. The lowest BCUT2D eigenvalue weighted by atomic mass is 9.81. The van der Waals surface area contributed by atoms with Crippen LogP contribution in [0.3, 0.4) is 0 Å². The van der Waals surface area contributed by atoms with Gasteiger partial charge in [-0.25, -0.2) is 4.39 Å². The Bertz CT molecular complexity index is 396. The number of fused-ring (bicyclic) bond motifs is 1. The van der Waals surface area contributed by atoms with Crippen LogP contribution in [-0.2, 0) is 0 Å². The van der Waals surface area contributed by atoms with Gasteiger partial charge in [0.2, 0.25) is 0 Å². The maximum atomic E-state index is 13.2. The molecule has 3 nitrogen and oxygen atoms in total. The summed E-state index contributed by atoms with van der Waals surface area (Å²) in [4.78, 5) is 6.21. The quantitative estimate of drug-likeness (QED) is 0.802. The lowest BCUT2D eigenvalue weighted by Gasteiger charge is -2.42. The normalized spacial score (nSPS) is 28.9. The first kappa shape index (κ1) is 11.0. The molecular formula is C13H18FN3. The van der Waals surface area contributed by atoms with Crippen molar-refractivity contribution in [2.75, 3.05) is 31.1 Å². The SMILES string of the molecule is Fc1cncc(N2CC[C@H]3CNCC[C@H]3C2)c1. The van der Waals surface area contributed by atoms with Gasteiger partial charge in [0.15, 0.2) is 0 Å². The number of hydrogen-bond acceptors (Lipinski definition) is 3. The third kappa shape index (κ3) is 2.27. The smallest absolute Gasteiger partial charge is 0.143 e. The van der Waals surface area contributed by atoms with E-state index < -0.39 is 0 Å². The highest BCUT2D eigenvalue weighted by molar-refractivity contribution is 5.44. The van der Waals surface area contributed by atoms with E-state index in [4.69, 9.17) is 0 Å². The maximum absolute atomic E-state index is 13.2. The number of anilines is 1. The lowest BCUT2D eigenvalue weighted by Crippen LogP contribution is -2.48. The largest absolute Gasteiger partial charge is 0.370 e. The zero-order chi connectivity index (χ0) is 11.7. The van der Waals surface area contributed by atoms with Gasteiger partial charge in [-0.2, -0.15) is 0 Å². The number of halogens is 1. The molecule has 2 aliphatic rings. The molecule has 0 saturated carbocycles. The number of nitrogens with zero attached hydrogens (tertiary/aromatic N) is 2. The van der Waals surface area contributed by atoms with Crippen LogP contribution in [0.4, 0.5) is 10.1 Å². The molecule has 2 saturated heterocycles. The molecule has 92 valence electrons. The summed E-state index contributed by atoms with van der Waals surface area (Å²) in [5.74, 6) is 1.32. The van der Waals surface area contributed by atoms with E-state index in [9.17, 15) is 4.39 Å². The summed E-state index contributed by atoms with van der Waals surface area (Å²) < 4.78 is 13.2. The summed E-state index contributed by atoms with van der Waals surface area (Å²) in [5, 5.41) is 3.46. The molecule has 1 aromatic rings. The van der Waals surface area contributed by atoms with Crippen LogP contribution < -0.4 is 10.2 Å². The van der Waals surface area contributed by atoms with Crippen molar-refractivity contribution in [3.63, 3.8) is 0 Å². The first-order valence-electron chi connectivity index (χ1n) is 6.39. The third-order valence-corrected chi connectivity index (χ3v) is 4.05. The Kier molecular flexibility index (Phi) is 2.97. The Morgan fingerprint density at radius 2 is 2.24 bits per heavy atom. The Labute approximate surface area is 101 Å². The highest BCUT2D eigenvalue weighted by atomic mass is 19.1. The molecule has 0 unspecified atom stereocenters. The monoisotopic (exact) mass is 235 g/mol. The van der Waals surface area contributed by atoms with Gasteiger partial charge < -0.3 is 10.2 Å². The van der Waals surface area contributed by atoms with Crippen LogP contribution in [-0.4, -0.2) is 31.2 Å². The summed E-state index contributed by atoms with van der Waals surface area (Å²) in [6, 6.07) is 1.59. The molecule has 3 rings (SSSR count). The van der Waals surface area contributed by atoms with Crippen molar-refractivity contribution in [2.24, 2.45) is 11.8 Å². The summed E-state index contributed by atoms with van der Waals surface area (Å²) in [5.41, 5.74) is 0.932. The van der Waals surface area contributed by atoms with E-state index in [1.807, 2.05) is 0 Å². The molecule has 0 radical (unpaired) electrons. The van der Waals surface area contributed by atoms with E-state index in [1.54, 1.807) is 12.3 Å². The molecular weight excluding hydrogens is 217 g/mol. The van der Waals surface area contributed by atoms with E-state index in [0.29, 0.717) is 0 Å². The van der Waals surface area contributed by atoms with Crippen LogP contribution in [0.2, 0.25) is 0 Å². The second-order valence-corrected chi connectivity index (χ2v) is 5.11. The number of pyridine rings is 1. The van der Waals surface area contributed by atoms with E-state index in [1.165, 1.54) is 19.0 Å². The van der Waals surface area contributed by atoms with Gasteiger partial charge in [-0.3, -0.25) is 4.98 Å². The second-order valence-electron chi connectivity index (χ2n) is 5.11. The van der Waals surface area contributed by atoms with Crippen molar-refractivity contribution in [2.45, 2.75) is 12.8 Å². The molecule has 17 heavy (non-hydrogen) atoms. The number of hydrogen-bond donors (Lipinski definition) is 1. The van der Waals surface area contributed by atoms with Gasteiger partial charge in [-0.05, 0) is 37.8 Å². The molecule has 2 fully saturated rings. The Morgan fingerprint density at radius 1 is 1.29 bits per heavy atom. The Morgan fingerprint density at radius 3 is 3.12 bits per heavy atom. The Balaban J connectivity index is 1.73.